The van der Waals surface area contributed by atoms with Crippen LogP contribution in [0.5, 0.6) is 0 Å². The highest BCUT2D eigenvalue weighted by Gasteiger charge is 2.35. The van der Waals surface area contributed by atoms with Gasteiger partial charge in [-0.1, -0.05) is 20.8 Å². The van der Waals surface area contributed by atoms with Crippen LogP contribution in [0.15, 0.2) is 6.33 Å². The van der Waals surface area contributed by atoms with Crippen LogP contribution in [0.1, 0.15) is 45.9 Å². The fourth-order valence-electron chi connectivity index (χ4n) is 2.81. The van der Waals surface area contributed by atoms with Crippen molar-refractivity contribution in [2.24, 2.45) is 5.92 Å². The van der Waals surface area contributed by atoms with Crippen LogP contribution in [0.25, 0.3) is 0 Å². The van der Waals surface area contributed by atoms with Crippen LogP contribution >= 0.6 is 0 Å². The summed E-state index contributed by atoms with van der Waals surface area (Å²) >= 11 is 0. The van der Waals surface area contributed by atoms with Gasteiger partial charge in [0.15, 0.2) is 0 Å². The van der Waals surface area contributed by atoms with Crippen LogP contribution in [0, 0.1) is 5.92 Å². The molecule has 17 heavy (non-hydrogen) atoms. The molecular formula is C13H24N4. The van der Waals surface area contributed by atoms with Gasteiger partial charge < -0.3 is 9.88 Å². The summed E-state index contributed by atoms with van der Waals surface area (Å²) in [6.07, 6.45) is 5.57. The normalized spacial score (nSPS) is 21.7. The molecule has 4 heteroatoms. The quantitative estimate of drug-likeness (QED) is 0.869. The first-order valence-electron chi connectivity index (χ1n) is 6.75. The van der Waals surface area contributed by atoms with E-state index in [4.69, 9.17) is 0 Å². The molecule has 2 rings (SSSR count). The summed E-state index contributed by atoms with van der Waals surface area (Å²) in [5, 5.41) is 12.0. The van der Waals surface area contributed by atoms with E-state index in [9.17, 15) is 0 Å². The van der Waals surface area contributed by atoms with Crippen LogP contribution < -0.4 is 5.32 Å². The van der Waals surface area contributed by atoms with Gasteiger partial charge in [0.05, 0.1) is 0 Å². The van der Waals surface area contributed by atoms with Gasteiger partial charge in [0, 0.05) is 12.0 Å². The highest BCUT2D eigenvalue weighted by molar-refractivity contribution is 5.08. The summed E-state index contributed by atoms with van der Waals surface area (Å²) in [5.41, 5.74) is 0.110. The van der Waals surface area contributed by atoms with E-state index in [0.29, 0.717) is 5.92 Å². The van der Waals surface area contributed by atoms with Gasteiger partial charge in [0.25, 0.3) is 0 Å². The molecule has 96 valence electrons. The van der Waals surface area contributed by atoms with Gasteiger partial charge in [-0.25, -0.2) is 0 Å². The van der Waals surface area contributed by atoms with Crippen molar-refractivity contribution in [2.45, 2.75) is 52.0 Å². The standard InChI is InChI=1S/C13H24N4/c1-4-8-17-10-15-16-12(17)13(2,3)11-6-5-7-14-9-11/h10-11,14H,4-9H2,1-3H3. The van der Waals surface area contributed by atoms with Gasteiger partial charge in [-0.05, 0) is 38.3 Å². The molecule has 1 aliphatic rings. The maximum absolute atomic E-state index is 4.37. The molecule has 1 fully saturated rings. The van der Waals surface area contributed by atoms with Gasteiger partial charge in [0.1, 0.15) is 12.2 Å². The van der Waals surface area contributed by atoms with Gasteiger partial charge >= 0.3 is 0 Å². The zero-order valence-corrected chi connectivity index (χ0v) is 11.2. The fourth-order valence-corrected chi connectivity index (χ4v) is 2.81. The molecule has 1 atom stereocenters. The summed E-state index contributed by atoms with van der Waals surface area (Å²) in [6, 6.07) is 0. The van der Waals surface area contributed by atoms with Crippen molar-refractivity contribution in [2.75, 3.05) is 13.1 Å². The SMILES string of the molecule is CCCn1cnnc1C(C)(C)C1CCCNC1. The average molecular weight is 236 g/mol. The Morgan fingerprint density at radius 2 is 2.35 bits per heavy atom. The monoisotopic (exact) mass is 236 g/mol. The minimum absolute atomic E-state index is 0.110. The van der Waals surface area contributed by atoms with Crippen LogP contribution in [0.2, 0.25) is 0 Å². The molecule has 1 aromatic rings. The molecular weight excluding hydrogens is 212 g/mol. The molecule has 1 aromatic heterocycles. The Hall–Kier alpha value is -0.900. The fraction of sp³-hybridized carbons (Fsp3) is 0.846. The highest BCUT2D eigenvalue weighted by atomic mass is 15.3. The van der Waals surface area contributed by atoms with Crippen molar-refractivity contribution in [3.05, 3.63) is 12.2 Å². The number of nitrogens with one attached hydrogen (secondary N) is 1. The molecule has 0 amide bonds. The Bertz CT molecular complexity index is 350. The lowest BCUT2D eigenvalue weighted by molar-refractivity contribution is 0.235. The minimum atomic E-state index is 0.110. The van der Waals surface area contributed by atoms with E-state index < -0.39 is 0 Å². The molecule has 1 saturated heterocycles. The van der Waals surface area contributed by atoms with E-state index >= 15 is 0 Å². The molecule has 0 spiro atoms. The van der Waals surface area contributed by atoms with Crippen molar-refractivity contribution in [3.63, 3.8) is 0 Å². The van der Waals surface area contributed by atoms with E-state index in [-0.39, 0.29) is 5.41 Å². The van der Waals surface area contributed by atoms with Crippen molar-refractivity contribution in [1.29, 1.82) is 0 Å². The maximum atomic E-state index is 4.37. The van der Waals surface area contributed by atoms with Gasteiger partial charge in [-0.15, -0.1) is 10.2 Å². The number of hydrogen-bond donors (Lipinski definition) is 1. The summed E-state index contributed by atoms with van der Waals surface area (Å²) in [4.78, 5) is 0. The second kappa shape index (κ2) is 5.17. The van der Waals surface area contributed by atoms with E-state index in [0.717, 1.165) is 31.9 Å². The molecule has 0 bridgehead atoms. The Morgan fingerprint density at radius 1 is 1.53 bits per heavy atom. The van der Waals surface area contributed by atoms with Crippen LogP contribution in [-0.4, -0.2) is 27.9 Å². The van der Waals surface area contributed by atoms with E-state index in [1.807, 2.05) is 6.33 Å². The Labute approximate surface area is 104 Å². The lowest BCUT2D eigenvalue weighted by atomic mass is 9.74. The summed E-state index contributed by atoms with van der Waals surface area (Å²) < 4.78 is 2.22. The predicted octanol–water partition coefficient (Wildman–Crippen LogP) is 1.97. The van der Waals surface area contributed by atoms with Crippen LogP contribution in [0.3, 0.4) is 0 Å². The zero-order chi connectivity index (χ0) is 12.3. The molecule has 0 saturated carbocycles. The van der Waals surface area contributed by atoms with Crippen molar-refractivity contribution in [1.82, 2.24) is 20.1 Å². The maximum Gasteiger partial charge on any atom is 0.138 e. The van der Waals surface area contributed by atoms with Crippen molar-refractivity contribution >= 4 is 0 Å². The third-order valence-corrected chi connectivity index (χ3v) is 3.97. The number of hydrogen-bond acceptors (Lipinski definition) is 3. The number of piperidine rings is 1. The Morgan fingerprint density at radius 3 is 3.00 bits per heavy atom. The lowest BCUT2D eigenvalue weighted by Gasteiger charge is -2.36. The first kappa shape index (κ1) is 12.6. The number of aromatic nitrogens is 3. The molecule has 4 nitrogen and oxygen atoms in total. The first-order chi connectivity index (χ1) is 8.16. The van der Waals surface area contributed by atoms with Gasteiger partial charge in [-0.2, -0.15) is 0 Å². The first-order valence-corrected chi connectivity index (χ1v) is 6.75. The van der Waals surface area contributed by atoms with Crippen molar-refractivity contribution < 1.29 is 0 Å². The topological polar surface area (TPSA) is 42.7 Å². The molecule has 1 N–H and O–H groups in total. The van der Waals surface area contributed by atoms with Crippen LogP contribution in [0.4, 0.5) is 0 Å². The second-order valence-corrected chi connectivity index (χ2v) is 5.61. The van der Waals surface area contributed by atoms with Crippen LogP contribution in [-0.2, 0) is 12.0 Å². The average Bonchev–Trinajstić information content (AvgIpc) is 2.80. The third-order valence-electron chi connectivity index (χ3n) is 3.97. The van der Waals surface area contributed by atoms with E-state index in [1.165, 1.54) is 12.8 Å². The molecule has 0 radical (unpaired) electrons. The molecule has 1 unspecified atom stereocenters. The van der Waals surface area contributed by atoms with Gasteiger partial charge in [-0.3, -0.25) is 0 Å². The minimum Gasteiger partial charge on any atom is -0.317 e. The predicted molar refractivity (Wildman–Crippen MR) is 68.9 cm³/mol. The second-order valence-electron chi connectivity index (χ2n) is 5.61. The summed E-state index contributed by atoms with van der Waals surface area (Å²) in [5.74, 6) is 1.81. The van der Waals surface area contributed by atoms with E-state index in [1.54, 1.807) is 0 Å². The molecule has 1 aliphatic heterocycles. The zero-order valence-electron chi connectivity index (χ0n) is 11.2. The molecule has 0 aromatic carbocycles. The lowest BCUT2D eigenvalue weighted by Crippen LogP contribution is -2.42. The van der Waals surface area contributed by atoms with Gasteiger partial charge in [0.2, 0.25) is 0 Å². The highest BCUT2D eigenvalue weighted by Crippen LogP contribution is 2.34. The molecule has 0 aliphatic carbocycles. The summed E-state index contributed by atoms with van der Waals surface area (Å²) in [6.45, 7) is 10.1. The smallest absolute Gasteiger partial charge is 0.138 e. The van der Waals surface area contributed by atoms with E-state index in [2.05, 4.69) is 40.9 Å². The summed E-state index contributed by atoms with van der Waals surface area (Å²) in [7, 11) is 0. The third kappa shape index (κ3) is 2.51. The number of nitrogens with zero attached hydrogens (tertiary/aromatic N) is 3. The largest absolute Gasteiger partial charge is 0.317 e. The number of aryl methyl sites for hydroxylation is 1. The number of rotatable bonds is 4. The van der Waals surface area contributed by atoms with Crippen molar-refractivity contribution in [3.8, 4) is 0 Å². The Balaban J connectivity index is 2.20. The molecule has 2 heterocycles. The Kier molecular flexibility index (Phi) is 3.82.